The van der Waals surface area contributed by atoms with Crippen LogP contribution in [0.2, 0.25) is 0 Å². The van der Waals surface area contributed by atoms with E-state index in [1.807, 2.05) is 24.9 Å². The van der Waals surface area contributed by atoms with Crippen LogP contribution < -0.4 is 10.6 Å². The lowest BCUT2D eigenvalue weighted by Crippen LogP contribution is -2.39. The summed E-state index contributed by atoms with van der Waals surface area (Å²) in [6.07, 6.45) is 0. The number of rotatable bonds is 8. The van der Waals surface area contributed by atoms with Gasteiger partial charge in [0.05, 0.1) is 16.9 Å². The number of nitrogens with zero attached hydrogens (tertiary/aromatic N) is 2. The normalized spacial score (nSPS) is 10.9. The Morgan fingerprint density at radius 3 is 2.74 bits per heavy atom. The highest BCUT2D eigenvalue weighted by Crippen LogP contribution is 2.22. The van der Waals surface area contributed by atoms with Gasteiger partial charge in [-0.25, -0.2) is 4.99 Å². The monoisotopic (exact) mass is 518 g/mol. The minimum atomic E-state index is -0.111. The van der Waals surface area contributed by atoms with Gasteiger partial charge in [-0.15, -0.1) is 35.3 Å². The van der Waals surface area contributed by atoms with E-state index in [0.717, 1.165) is 16.9 Å². The molecule has 0 fully saturated rings. The zero-order valence-corrected chi connectivity index (χ0v) is 18.3. The number of thiophene rings is 1. The van der Waals surface area contributed by atoms with Gasteiger partial charge in [-0.3, -0.25) is 4.79 Å². The van der Waals surface area contributed by atoms with Gasteiger partial charge in [-0.2, -0.15) is 0 Å². The molecule has 1 rings (SSSR count). The summed E-state index contributed by atoms with van der Waals surface area (Å²) in [5.41, 5.74) is 0. The average Bonchev–Trinajstić information content (AvgIpc) is 2.88. The van der Waals surface area contributed by atoms with Crippen molar-refractivity contribution in [2.24, 2.45) is 4.99 Å². The Bertz CT molecular complexity index is 499. The molecule has 23 heavy (non-hydrogen) atoms. The van der Waals surface area contributed by atoms with Gasteiger partial charge >= 0.3 is 0 Å². The van der Waals surface area contributed by atoms with Crippen LogP contribution in [0, 0.1) is 0 Å². The third kappa shape index (κ3) is 9.48. The molecule has 132 valence electrons. The molecule has 1 aromatic heterocycles. The largest absolute Gasteiger partial charge is 0.383 e. The van der Waals surface area contributed by atoms with Crippen LogP contribution in [0.15, 0.2) is 20.9 Å². The summed E-state index contributed by atoms with van der Waals surface area (Å²) in [7, 11) is 3.56. The van der Waals surface area contributed by atoms with E-state index in [4.69, 9.17) is 4.74 Å². The van der Waals surface area contributed by atoms with Crippen LogP contribution in [-0.2, 0) is 16.1 Å². The van der Waals surface area contributed by atoms with Crippen molar-refractivity contribution in [1.82, 2.24) is 15.5 Å². The number of aliphatic imine (C=N–C) groups is 1. The molecule has 1 aromatic rings. The lowest BCUT2D eigenvalue weighted by molar-refractivity contribution is -0.119. The number of guanidine groups is 1. The molecule has 0 aliphatic carbocycles. The molecule has 6 nitrogen and oxygen atoms in total. The Hall–Kier alpha value is -0.390. The maximum absolute atomic E-state index is 11.7. The molecule has 0 bridgehead atoms. The number of methoxy groups -OCH3 is 1. The number of hydrogen-bond donors (Lipinski definition) is 2. The minimum Gasteiger partial charge on any atom is -0.383 e. The summed E-state index contributed by atoms with van der Waals surface area (Å²) in [5.74, 6) is 0.605. The first kappa shape index (κ1) is 22.6. The maximum Gasteiger partial charge on any atom is 0.241 e. The molecule has 0 spiro atoms. The maximum atomic E-state index is 11.7. The van der Waals surface area contributed by atoms with Crippen LogP contribution in [0.25, 0.3) is 0 Å². The van der Waals surface area contributed by atoms with Crippen molar-refractivity contribution in [2.45, 2.75) is 13.5 Å². The highest BCUT2D eigenvalue weighted by Gasteiger charge is 2.09. The highest BCUT2D eigenvalue weighted by molar-refractivity contribution is 14.0. The van der Waals surface area contributed by atoms with Crippen molar-refractivity contribution >= 4 is 63.1 Å². The molecule has 0 atom stereocenters. The minimum absolute atomic E-state index is 0. The first-order valence-corrected chi connectivity index (χ1v) is 8.67. The molecule has 0 unspecified atom stereocenters. The van der Waals surface area contributed by atoms with Crippen molar-refractivity contribution in [3.05, 3.63) is 20.8 Å². The first-order chi connectivity index (χ1) is 10.6. The molecule has 1 heterocycles. The molecular weight excluding hydrogens is 495 g/mol. The van der Waals surface area contributed by atoms with Gasteiger partial charge in [0.15, 0.2) is 5.96 Å². The van der Waals surface area contributed by atoms with Crippen molar-refractivity contribution in [3.63, 3.8) is 0 Å². The summed E-state index contributed by atoms with van der Waals surface area (Å²) in [5, 5.41) is 5.95. The molecular formula is C14H24BrIN4O2S. The van der Waals surface area contributed by atoms with Crippen LogP contribution >= 0.6 is 51.2 Å². The second-order valence-corrected chi connectivity index (χ2v) is 7.12. The van der Waals surface area contributed by atoms with E-state index in [9.17, 15) is 4.79 Å². The molecule has 0 aliphatic rings. The van der Waals surface area contributed by atoms with Gasteiger partial charge in [0.2, 0.25) is 5.91 Å². The van der Waals surface area contributed by atoms with Crippen molar-refractivity contribution in [3.8, 4) is 0 Å². The van der Waals surface area contributed by atoms with E-state index in [1.54, 1.807) is 18.4 Å². The Balaban J connectivity index is 0.00000484. The van der Waals surface area contributed by atoms with Crippen LogP contribution in [0.1, 0.15) is 11.8 Å². The van der Waals surface area contributed by atoms with Gasteiger partial charge < -0.3 is 20.3 Å². The second-order valence-electron chi connectivity index (χ2n) is 4.57. The topological polar surface area (TPSA) is 66.0 Å². The van der Waals surface area contributed by atoms with Crippen LogP contribution in [0.5, 0.6) is 0 Å². The highest BCUT2D eigenvalue weighted by atomic mass is 127. The Kier molecular flexibility index (Phi) is 12.7. The van der Waals surface area contributed by atoms with Gasteiger partial charge in [0.1, 0.15) is 6.54 Å². The number of amides is 1. The fraction of sp³-hybridized carbons (Fsp3) is 0.571. The van der Waals surface area contributed by atoms with Crippen LogP contribution in [-0.4, -0.2) is 57.2 Å². The number of carbonyl (C=O) groups is 1. The van der Waals surface area contributed by atoms with Crippen molar-refractivity contribution in [1.29, 1.82) is 0 Å². The third-order valence-electron chi connectivity index (χ3n) is 2.72. The molecule has 0 saturated carbocycles. The quantitative estimate of drug-likeness (QED) is 0.240. The summed E-state index contributed by atoms with van der Waals surface area (Å²) >= 11 is 5.15. The zero-order valence-electron chi connectivity index (χ0n) is 13.6. The van der Waals surface area contributed by atoms with E-state index >= 15 is 0 Å². The molecule has 1 amide bonds. The summed E-state index contributed by atoms with van der Waals surface area (Å²) in [4.78, 5) is 19.3. The van der Waals surface area contributed by atoms with E-state index in [-0.39, 0.29) is 36.4 Å². The molecule has 0 aromatic carbocycles. The lowest BCUT2D eigenvalue weighted by atomic mass is 10.4. The SMILES string of the molecule is CCNC(=NCC(=O)NCCOC)N(C)Cc1ccc(Br)s1.I. The summed E-state index contributed by atoms with van der Waals surface area (Å²) < 4.78 is 6.00. The van der Waals surface area contributed by atoms with E-state index in [0.29, 0.717) is 19.1 Å². The molecule has 0 saturated heterocycles. The number of halogens is 2. The zero-order chi connectivity index (χ0) is 16.4. The molecule has 9 heteroatoms. The number of carbonyl (C=O) groups excluding carboxylic acids is 1. The van der Waals surface area contributed by atoms with E-state index in [2.05, 4.69) is 37.6 Å². The lowest BCUT2D eigenvalue weighted by Gasteiger charge is -2.21. The fourth-order valence-electron chi connectivity index (χ4n) is 1.71. The third-order valence-corrected chi connectivity index (χ3v) is 4.33. The molecule has 0 aliphatic heterocycles. The van der Waals surface area contributed by atoms with Gasteiger partial charge in [-0.1, -0.05) is 0 Å². The van der Waals surface area contributed by atoms with Gasteiger partial charge in [-0.05, 0) is 35.0 Å². The second kappa shape index (κ2) is 13.0. The van der Waals surface area contributed by atoms with Gasteiger partial charge in [0.25, 0.3) is 0 Å². The number of hydrogen-bond acceptors (Lipinski definition) is 4. The van der Waals surface area contributed by atoms with Crippen molar-refractivity contribution in [2.75, 3.05) is 40.4 Å². The predicted octanol–water partition coefficient (Wildman–Crippen LogP) is 2.29. The Morgan fingerprint density at radius 1 is 1.43 bits per heavy atom. The van der Waals surface area contributed by atoms with Crippen molar-refractivity contribution < 1.29 is 9.53 Å². The molecule has 2 N–H and O–H groups in total. The average molecular weight is 519 g/mol. The number of ether oxygens (including phenoxy) is 1. The Labute approximate surface area is 167 Å². The van der Waals surface area contributed by atoms with Crippen LogP contribution in [0.4, 0.5) is 0 Å². The molecule has 0 radical (unpaired) electrons. The Morgan fingerprint density at radius 2 is 2.17 bits per heavy atom. The van der Waals surface area contributed by atoms with E-state index in [1.165, 1.54) is 4.88 Å². The standard InChI is InChI=1S/C14H23BrN4O2S.HI/c1-4-16-14(18-9-13(20)17-7-8-21-3)19(2)10-11-5-6-12(15)22-11;/h5-6H,4,7-10H2,1-3H3,(H,16,18)(H,17,20);1H. The first-order valence-electron chi connectivity index (χ1n) is 7.06. The van der Waals surface area contributed by atoms with Crippen LogP contribution in [0.3, 0.4) is 0 Å². The predicted molar refractivity (Wildman–Crippen MR) is 110 cm³/mol. The summed E-state index contributed by atoms with van der Waals surface area (Å²) in [6, 6.07) is 4.10. The number of nitrogens with one attached hydrogen (secondary N) is 2. The smallest absolute Gasteiger partial charge is 0.241 e. The summed E-state index contributed by atoms with van der Waals surface area (Å²) in [6.45, 7) is 4.60. The fourth-order valence-corrected chi connectivity index (χ4v) is 3.25. The van der Waals surface area contributed by atoms with Gasteiger partial charge in [0, 0.05) is 32.1 Å². The van der Waals surface area contributed by atoms with E-state index < -0.39 is 0 Å².